The molecule has 0 saturated heterocycles. The number of benzene rings is 3. The van der Waals surface area contributed by atoms with Crippen molar-refractivity contribution >= 4 is 0 Å². The molecular formula is C34H29N3. The summed E-state index contributed by atoms with van der Waals surface area (Å²) in [7, 11) is 0. The van der Waals surface area contributed by atoms with Crippen LogP contribution in [0.5, 0.6) is 0 Å². The molecule has 0 radical (unpaired) electrons. The Labute approximate surface area is 218 Å². The van der Waals surface area contributed by atoms with E-state index in [4.69, 9.17) is 4.98 Å². The summed E-state index contributed by atoms with van der Waals surface area (Å²) in [5.41, 5.74) is 9.85. The molecule has 3 aliphatic carbocycles. The van der Waals surface area contributed by atoms with Crippen LogP contribution in [0.4, 0.5) is 0 Å². The van der Waals surface area contributed by atoms with E-state index in [1.807, 2.05) is 6.08 Å². The highest BCUT2D eigenvalue weighted by molar-refractivity contribution is 5.83. The lowest BCUT2D eigenvalue weighted by Crippen LogP contribution is -2.36. The summed E-state index contributed by atoms with van der Waals surface area (Å²) in [5, 5.41) is 0. The van der Waals surface area contributed by atoms with Crippen molar-refractivity contribution in [2.24, 2.45) is 5.41 Å². The lowest BCUT2D eigenvalue weighted by molar-refractivity contribution is 0.250. The highest BCUT2D eigenvalue weighted by Crippen LogP contribution is 2.60. The fourth-order valence-corrected chi connectivity index (χ4v) is 6.76. The Morgan fingerprint density at radius 1 is 0.730 bits per heavy atom. The van der Waals surface area contributed by atoms with E-state index in [2.05, 4.69) is 123 Å². The van der Waals surface area contributed by atoms with E-state index in [0.29, 0.717) is 11.6 Å². The number of hydrogen-bond acceptors (Lipinski definition) is 3. The zero-order chi connectivity index (χ0) is 25.6. The maximum atomic E-state index is 4.95. The number of nitrogens with zero attached hydrogens (tertiary/aromatic N) is 3. The standard InChI is InChI=1S/C34H29N3/c1-32(2)26-11-7-6-10-23(26)24-15-13-21(18-28(24)32)30-35-20-36-31(37-30)22-14-16-25-27-12-8-9-17-34(27,5)33(3,4)29(25)19-22/h6-7,9-11,13-20,27H,1-5H3. The van der Waals surface area contributed by atoms with E-state index < -0.39 is 0 Å². The van der Waals surface area contributed by atoms with Gasteiger partial charge in [-0.3, -0.25) is 0 Å². The molecule has 0 fully saturated rings. The van der Waals surface area contributed by atoms with E-state index in [1.54, 1.807) is 6.33 Å². The molecule has 0 amide bonds. The summed E-state index contributed by atoms with van der Waals surface area (Å²) >= 11 is 0. The minimum Gasteiger partial charge on any atom is -0.217 e. The minimum absolute atomic E-state index is 0.0295. The topological polar surface area (TPSA) is 38.7 Å². The second-order valence-electron chi connectivity index (χ2n) is 11.8. The van der Waals surface area contributed by atoms with Crippen LogP contribution in [0.2, 0.25) is 0 Å². The van der Waals surface area contributed by atoms with Crippen molar-refractivity contribution in [3.63, 3.8) is 0 Å². The molecule has 0 N–H and O–H groups in total. The van der Waals surface area contributed by atoms with Crippen molar-refractivity contribution < 1.29 is 0 Å². The first-order valence-corrected chi connectivity index (χ1v) is 13.0. The number of aromatic nitrogens is 3. The first-order valence-electron chi connectivity index (χ1n) is 13.0. The van der Waals surface area contributed by atoms with Crippen LogP contribution in [0.3, 0.4) is 0 Å². The Hall–Kier alpha value is -4.03. The van der Waals surface area contributed by atoms with Crippen LogP contribution in [0.15, 0.2) is 79.1 Å². The largest absolute Gasteiger partial charge is 0.217 e. The molecule has 0 saturated carbocycles. The molecule has 180 valence electrons. The smallest absolute Gasteiger partial charge is 0.163 e. The fraction of sp³-hybridized carbons (Fsp3) is 0.265. The number of fused-ring (bicyclic) bond motifs is 6. The molecule has 1 aromatic heterocycles. The van der Waals surface area contributed by atoms with Gasteiger partial charge in [-0.2, -0.15) is 0 Å². The summed E-state index contributed by atoms with van der Waals surface area (Å²) < 4.78 is 0. The summed E-state index contributed by atoms with van der Waals surface area (Å²) in [6.07, 6.45) is 5.95. The van der Waals surface area contributed by atoms with Gasteiger partial charge < -0.3 is 0 Å². The molecule has 3 aromatic carbocycles. The molecular weight excluding hydrogens is 450 g/mol. The monoisotopic (exact) mass is 479 g/mol. The average Bonchev–Trinajstić information content (AvgIpc) is 3.25. The van der Waals surface area contributed by atoms with Gasteiger partial charge in [0.1, 0.15) is 6.33 Å². The van der Waals surface area contributed by atoms with Gasteiger partial charge in [-0.1, -0.05) is 101 Å². The van der Waals surface area contributed by atoms with Crippen LogP contribution in [0.1, 0.15) is 62.8 Å². The normalized spacial score (nSPS) is 22.9. The lowest BCUT2D eigenvalue weighted by Gasteiger charge is -2.39. The van der Waals surface area contributed by atoms with Crippen LogP contribution in [-0.4, -0.2) is 15.0 Å². The number of allylic oxidation sites excluding steroid dienone is 2. The van der Waals surface area contributed by atoms with Gasteiger partial charge in [0.2, 0.25) is 0 Å². The first-order chi connectivity index (χ1) is 17.7. The van der Waals surface area contributed by atoms with Gasteiger partial charge in [0.25, 0.3) is 0 Å². The third-order valence-corrected chi connectivity index (χ3v) is 9.40. The van der Waals surface area contributed by atoms with Crippen LogP contribution in [-0.2, 0) is 10.8 Å². The molecule has 7 rings (SSSR count). The van der Waals surface area contributed by atoms with E-state index in [1.165, 1.54) is 33.4 Å². The SMILES string of the molecule is CC1(C)c2ccccc2-c2ccc(-c3ncnc(-c4ccc5c(c4)C(C)(C)C4(C)C=CC#CC54)n3)cc21. The lowest BCUT2D eigenvalue weighted by atomic mass is 9.63. The van der Waals surface area contributed by atoms with E-state index in [9.17, 15) is 0 Å². The minimum atomic E-state index is -0.0619. The molecule has 4 aromatic rings. The molecule has 0 aliphatic heterocycles. The Balaban J connectivity index is 1.30. The van der Waals surface area contributed by atoms with Gasteiger partial charge in [0, 0.05) is 27.4 Å². The Kier molecular flexibility index (Phi) is 4.36. The second kappa shape index (κ2) is 7.26. The number of hydrogen-bond donors (Lipinski definition) is 0. The molecule has 1 heterocycles. The highest BCUT2D eigenvalue weighted by atomic mass is 15.0. The average molecular weight is 480 g/mol. The van der Waals surface area contributed by atoms with Gasteiger partial charge in [-0.05, 0) is 51.6 Å². The van der Waals surface area contributed by atoms with Gasteiger partial charge >= 0.3 is 0 Å². The molecule has 3 aliphatic rings. The molecule has 2 atom stereocenters. The maximum Gasteiger partial charge on any atom is 0.163 e. The Morgan fingerprint density at radius 2 is 1.41 bits per heavy atom. The van der Waals surface area contributed by atoms with E-state index in [0.717, 1.165) is 11.1 Å². The molecule has 37 heavy (non-hydrogen) atoms. The first kappa shape index (κ1) is 22.2. The highest BCUT2D eigenvalue weighted by Gasteiger charge is 2.54. The Bertz CT molecular complexity index is 1710. The van der Waals surface area contributed by atoms with Crippen molar-refractivity contribution in [1.82, 2.24) is 15.0 Å². The predicted octanol–water partition coefficient (Wildman–Crippen LogP) is 7.47. The van der Waals surface area contributed by atoms with Gasteiger partial charge in [-0.15, -0.1) is 0 Å². The van der Waals surface area contributed by atoms with E-state index >= 15 is 0 Å². The molecule has 2 unspecified atom stereocenters. The number of rotatable bonds is 2. The third kappa shape index (κ3) is 2.87. The maximum absolute atomic E-state index is 4.95. The van der Waals surface area contributed by atoms with E-state index in [-0.39, 0.29) is 22.2 Å². The molecule has 3 nitrogen and oxygen atoms in total. The van der Waals surface area contributed by atoms with Crippen LogP contribution in [0.25, 0.3) is 33.9 Å². The summed E-state index contributed by atoms with van der Waals surface area (Å²) in [5.74, 6) is 8.29. The second-order valence-corrected chi connectivity index (χ2v) is 11.8. The summed E-state index contributed by atoms with van der Waals surface area (Å²) in [4.78, 5) is 14.1. The predicted molar refractivity (Wildman–Crippen MR) is 149 cm³/mol. The van der Waals surface area contributed by atoms with Crippen molar-refractivity contribution in [3.05, 3.63) is 101 Å². The fourth-order valence-electron chi connectivity index (χ4n) is 6.76. The third-order valence-electron chi connectivity index (χ3n) is 9.40. The van der Waals surface area contributed by atoms with Gasteiger partial charge in [-0.25, -0.2) is 15.0 Å². The van der Waals surface area contributed by atoms with Gasteiger partial charge in [0.15, 0.2) is 11.6 Å². The van der Waals surface area contributed by atoms with Crippen LogP contribution < -0.4 is 0 Å². The van der Waals surface area contributed by atoms with Crippen molar-refractivity contribution in [2.45, 2.75) is 51.4 Å². The van der Waals surface area contributed by atoms with Crippen LogP contribution >= 0.6 is 0 Å². The van der Waals surface area contributed by atoms with Crippen molar-refractivity contribution in [3.8, 4) is 45.7 Å². The molecule has 3 heteroatoms. The van der Waals surface area contributed by atoms with Crippen molar-refractivity contribution in [2.75, 3.05) is 0 Å². The summed E-state index contributed by atoms with van der Waals surface area (Å²) in [6.45, 7) is 11.6. The zero-order valence-electron chi connectivity index (χ0n) is 21.9. The van der Waals surface area contributed by atoms with Crippen molar-refractivity contribution in [1.29, 1.82) is 0 Å². The molecule has 0 spiro atoms. The summed E-state index contributed by atoms with van der Waals surface area (Å²) in [6, 6.07) is 22.0. The van der Waals surface area contributed by atoms with Gasteiger partial charge in [0.05, 0.1) is 5.92 Å². The zero-order valence-corrected chi connectivity index (χ0v) is 21.9. The quantitative estimate of drug-likeness (QED) is 0.280. The Morgan fingerprint density at radius 3 is 2.19 bits per heavy atom. The van der Waals surface area contributed by atoms with Crippen LogP contribution in [0, 0.1) is 17.3 Å². The molecule has 0 bridgehead atoms.